The van der Waals surface area contributed by atoms with E-state index in [0.29, 0.717) is 40.6 Å². The van der Waals surface area contributed by atoms with Crippen molar-refractivity contribution >= 4 is 41.8 Å². The number of methoxy groups -OCH3 is 1. The van der Waals surface area contributed by atoms with Gasteiger partial charge in [0.1, 0.15) is 46.0 Å². The molecular formula is C39H32O14S4. The van der Waals surface area contributed by atoms with Crippen molar-refractivity contribution in [3.63, 3.8) is 0 Å². The molecule has 6 aromatic rings. The van der Waals surface area contributed by atoms with Crippen molar-refractivity contribution in [1.29, 1.82) is 0 Å². The number of hydrogen-bond donors (Lipinski definition) is 2. The van der Waals surface area contributed by atoms with E-state index in [4.69, 9.17) is 24.2 Å². The Hall–Kier alpha value is -5.44. The van der Waals surface area contributed by atoms with Crippen LogP contribution in [0.4, 0.5) is 0 Å². The summed E-state index contributed by atoms with van der Waals surface area (Å²) in [6, 6.07) is 32.0. The van der Waals surface area contributed by atoms with E-state index in [2.05, 4.69) is 9.37 Å². The van der Waals surface area contributed by atoms with Crippen molar-refractivity contribution in [1.82, 2.24) is 0 Å². The molecule has 0 fully saturated rings. The first-order valence-corrected chi connectivity index (χ1v) is 21.6. The SMILES string of the molecule is COc1ccc(Oc2ccc(Oc3ccc(S(=O)(=O)c4ccc(COc5ccc(S(=O)(=O)c6ccc(C)cc6)cc5)c(SOOO)c4)cc3S(=O)(=O)O)cc2)cc1. The molecule has 0 saturated carbocycles. The van der Waals surface area contributed by atoms with Gasteiger partial charge in [-0.3, -0.25) is 4.55 Å². The van der Waals surface area contributed by atoms with E-state index in [-0.39, 0.29) is 37.7 Å². The van der Waals surface area contributed by atoms with Crippen molar-refractivity contribution < 1.29 is 63.4 Å². The number of benzene rings is 6. The molecule has 0 atom stereocenters. The van der Waals surface area contributed by atoms with Gasteiger partial charge < -0.3 is 18.9 Å². The normalized spacial score (nSPS) is 11.9. The number of ether oxygens (including phenoxy) is 4. The summed E-state index contributed by atoms with van der Waals surface area (Å²) in [5.74, 6) is 1.74. The molecular weight excluding hydrogens is 821 g/mol. The van der Waals surface area contributed by atoms with Gasteiger partial charge in [-0.2, -0.15) is 8.42 Å². The first-order chi connectivity index (χ1) is 27.2. The fourth-order valence-corrected chi connectivity index (χ4v) is 9.12. The summed E-state index contributed by atoms with van der Waals surface area (Å²) >= 11 is 0.460. The molecule has 0 saturated heterocycles. The Morgan fingerprint density at radius 2 is 1.04 bits per heavy atom. The van der Waals surface area contributed by atoms with Crippen molar-refractivity contribution in [3.8, 4) is 34.5 Å². The van der Waals surface area contributed by atoms with E-state index >= 15 is 0 Å². The number of hydrogen-bond acceptors (Lipinski definition) is 14. The molecule has 0 aliphatic rings. The van der Waals surface area contributed by atoms with Crippen LogP contribution in [0.2, 0.25) is 0 Å². The van der Waals surface area contributed by atoms with Crippen LogP contribution in [0.1, 0.15) is 11.1 Å². The average molecular weight is 853 g/mol. The minimum absolute atomic E-state index is 0.0557. The van der Waals surface area contributed by atoms with Crippen molar-refractivity contribution in [2.24, 2.45) is 0 Å². The second-order valence-corrected chi connectivity index (χ2v) is 18.0. The second-order valence-electron chi connectivity index (χ2n) is 12.0. The number of sulfone groups is 2. The molecule has 0 aromatic heterocycles. The molecule has 0 radical (unpaired) electrons. The second kappa shape index (κ2) is 17.4. The molecule has 0 spiro atoms. The van der Waals surface area contributed by atoms with Crippen LogP contribution in [0, 0.1) is 6.92 Å². The third-order valence-corrected chi connectivity index (χ3v) is 13.3. The fraction of sp³-hybridized carbons (Fsp3) is 0.0769. The van der Waals surface area contributed by atoms with Gasteiger partial charge in [-0.05, 0) is 122 Å². The van der Waals surface area contributed by atoms with E-state index in [1.165, 1.54) is 66.7 Å². The topological polar surface area (TPSA) is 198 Å². The summed E-state index contributed by atoms with van der Waals surface area (Å²) in [6.07, 6.45) is 0. The zero-order chi connectivity index (χ0) is 40.8. The van der Waals surface area contributed by atoms with Crippen LogP contribution < -0.4 is 18.9 Å². The zero-order valence-electron chi connectivity index (χ0n) is 29.8. The highest BCUT2D eigenvalue weighted by Crippen LogP contribution is 2.36. The lowest BCUT2D eigenvalue weighted by atomic mass is 10.2. The lowest BCUT2D eigenvalue weighted by molar-refractivity contribution is -0.432. The van der Waals surface area contributed by atoms with Gasteiger partial charge in [-0.25, -0.2) is 22.1 Å². The maximum atomic E-state index is 13.8. The molecule has 296 valence electrons. The molecule has 0 aliphatic heterocycles. The molecule has 57 heavy (non-hydrogen) atoms. The van der Waals surface area contributed by atoms with Gasteiger partial charge in [-0.1, -0.05) is 28.8 Å². The summed E-state index contributed by atoms with van der Waals surface area (Å²) in [7, 11) is -11.7. The van der Waals surface area contributed by atoms with Gasteiger partial charge in [0.05, 0.1) is 38.7 Å². The Morgan fingerprint density at radius 1 is 0.561 bits per heavy atom. The van der Waals surface area contributed by atoms with Crippen LogP contribution in [0.5, 0.6) is 34.5 Å². The summed E-state index contributed by atoms with van der Waals surface area (Å²) in [5.41, 5.74) is 1.29. The average Bonchev–Trinajstić information content (AvgIpc) is 3.20. The van der Waals surface area contributed by atoms with Crippen LogP contribution in [-0.2, 0) is 45.8 Å². The summed E-state index contributed by atoms with van der Waals surface area (Å²) in [4.78, 5) is -1.30. The van der Waals surface area contributed by atoms with Gasteiger partial charge in [0.15, 0.2) is 0 Å². The smallest absolute Gasteiger partial charge is 0.298 e. The van der Waals surface area contributed by atoms with Gasteiger partial charge in [0.2, 0.25) is 19.7 Å². The molecule has 18 heteroatoms. The monoisotopic (exact) mass is 852 g/mol. The first-order valence-electron chi connectivity index (χ1n) is 16.5. The highest BCUT2D eigenvalue weighted by atomic mass is 32.2. The van der Waals surface area contributed by atoms with Gasteiger partial charge >= 0.3 is 0 Å². The van der Waals surface area contributed by atoms with Crippen molar-refractivity contribution in [3.05, 3.63) is 145 Å². The molecule has 0 amide bonds. The minimum Gasteiger partial charge on any atom is -0.497 e. The lowest BCUT2D eigenvalue weighted by Gasteiger charge is -2.14. The molecule has 0 unspecified atom stereocenters. The Labute approximate surface area is 332 Å². The molecule has 2 N–H and O–H groups in total. The van der Waals surface area contributed by atoms with Gasteiger partial charge in [0, 0.05) is 10.5 Å². The Bertz CT molecular complexity index is 2690. The number of aryl methyl sites for hydroxylation is 1. The Morgan fingerprint density at radius 3 is 1.60 bits per heavy atom. The van der Waals surface area contributed by atoms with Gasteiger partial charge in [-0.15, -0.1) is 4.33 Å². The fourth-order valence-electron chi connectivity index (χ4n) is 5.24. The first kappa shape index (κ1) is 41.2. The van der Waals surface area contributed by atoms with Gasteiger partial charge in [0.25, 0.3) is 10.1 Å². The molecule has 6 rings (SSSR count). The predicted molar refractivity (Wildman–Crippen MR) is 206 cm³/mol. The molecule has 0 bridgehead atoms. The molecule has 0 aliphatic carbocycles. The summed E-state index contributed by atoms with van der Waals surface area (Å²) < 4.78 is 116. The minimum atomic E-state index is -5.00. The van der Waals surface area contributed by atoms with E-state index < -0.39 is 39.6 Å². The maximum absolute atomic E-state index is 13.8. The third-order valence-electron chi connectivity index (χ3n) is 8.21. The van der Waals surface area contributed by atoms with Crippen LogP contribution in [-0.4, -0.2) is 42.2 Å². The highest BCUT2D eigenvalue weighted by Gasteiger charge is 2.26. The van der Waals surface area contributed by atoms with E-state index in [9.17, 15) is 29.8 Å². The van der Waals surface area contributed by atoms with Crippen molar-refractivity contribution in [2.75, 3.05) is 7.11 Å². The third kappa shape index (κ3) is 9.93. The summed E-state index contributed by atoms with van der Waals surface area (Å²) in [6.45, 7) is 1.69. The zero-order valence-corrected chi connectivity index (χ0v) is 33.1. The summed E-state index contributed by atoms with van der Waals surface area (Å²) in [5, 5.41) is 12.5. The van der Waals surface area contributed by atoms with Crippen molar-refractivity contribution in [2.45, 2.75) is 42.9 Å². The quantitative estimate of drug-likeness (QED) is 0.0406. The van der Waals surface area contributed by atoms with E-state index in [1.54, 1.807) is 55.6 Å². The van der Waals surface area contributed by atoms with Crippen LogP contribution >= 0.6 is 12.0 Å². The standard InChI is InChI=1S/C39H32O14S4/c1-26-3-16-33(17-4-26)55(41,42)34-19-14-29(15-20-34)49-25-27-5-18-35(23-38(27)54-53-52-40)56(43,44)36-21-22-37(39(24-36)57(45,46)47)51-32-12-10-31(11-13-32)50-30-8-6-28(48-2)7-9-30/h3-24,40H,25H2,1-2H3,(H,45,46,47). The van der Waals surface area contributed by atoms with Crippen LogP contribution in [0.25, 0.3) is 0 Å². The largest absolute Gasteiger partial charge is 0.497 e. The van der Waals surface area contributed by atoms with Crippen LogP contribution in [0.3, 0.4) is 0 Å². The Balaban J connectivity index is 1.19. The molecule has 6 aromatic carbocycles. The number of rotatable bonds is 16. The predicted octanol–water partition coefficient (Wildman–Crippen LogP) is 8.51. The van der Waals surface area contributed by atoms with E-state index in [0.717, 1.165) is 23.8 Å². The molecule has 0 heterocycles. The van der Waals surface area contributed by atoms with Crippen LogP contribution in [0.15, 0.2) is 163 Å². The molecule has 14 nitrogen and oxygen atoms in total. The van der Waals surface area contributed by atoms with E-state index in [1.807, 2.05) is 6.92 Å². The highest BCUT2D eigenvalue weighted by molar-refractivity contribution is 7.94. The maximum Gasteiger partial charge on any atom is 0.298 e. The Kier molecular flexibility index (Phi) is 12.6. The lowest BCUT2D eigenvalue weighted by Crippen LogP contribution is -2.07.